The van der Waals surface area contributed by atoms with E-state index in [1.165, 1.54) is 0 Å². The van der Waals surface area contributed by atoms with E-state index in [0.717, 1.165) is 25.1 Å². The first-order valence-corrected chi connectivity index (χ1v) is 11.3. The van der Waals surface area contributed by atoms with Crippen LogP contribution in [0.2, 0.25) is 0 Å². The largest absolute Gasteiger partial charge is 0.489 e. The summed E-state index contributed by atoms with van der Waals surface area (Å²) in [6.45, 7) is 6.24. The Bertz CT molecular complexity index is 1090. The van der Waals surface area contributed by atoms with Crippen LogP contribution in [0.1, 0.15) is 46.5 Å². The van der Waals surface area contributed by atoms with Crippen LogP contribution in [0.4, 0.5) is 5.69 Å². The van der Waals surface area contributed by atoms with Crippen LogP contribution in [0, 0.1) is 11.8 Å². The van der Waals surface area contributed by atoms with Gasteiger partial charge in [-0.1, -0.05) is 32.0 Å². The van der Waals surface area contributed by atoms with Crippen molar-refractivity contribution in [1.82, 2.24) is 9.88 Å². The smallest absolute Gasteiger partial charge is 0.255 e. The number of piperidine rings is 1. The molecule has 33 heavy (non-hydrogen) atoms. The Kier molecular flexibility index (Phi) is 7.03. The highest BCUT2D eigenvalue weighted by atomic mass is 16.5. The lowest BCUT2D eigenvalue weighted by molar-refractivity contribution is 0.0624. The lowest BCUT2D eigenvalue weighted by atomic mass is 9.91. The molecular formula is C27H29N3O3. The van der Waals surface area contributed by atoms with Crippen molar-refractivity contribution in [3.05, 3.63) is 89.7 Å². The summed E-state index contributed by atoms with van der Waals surface area (Å²) < 4.78 is 5.76. The first kappa shape index (κ1) is 22.5. The molecule has 0 bridgehead atoms. The van der Waals surface area contributed by atoms with Crippen LogP contribution in [0.15, 0.2) is 73.1 Å². The first-order valence-electron chi connectivity index (χ1n) is 11.3. The molecule has 6 heteroatoms. The number of nitrogens with one attached hydrogen (secondary N) is 1. The van der Waals surface area contributed by atoms with Crippen molar-refractivity contribution in [2.45, 2.75) is 26.9 Å². The molecule has 1 saturated heterocycles. The Morgan fingerprint density at radius 3 is 2.42 bits per heavy atom. The van der Waals surface area contributed by atoms with E-state index in [1.807, 2.05) is 29.2 Å². The maximum atomic E-state index is 13.2. The molecule has 2 unspecified atom stereocenters. The van der Waals surface area contributed by atoms with Crippen molar-refractivity contribution in [2.24, 2.45) is 11.8 Å². The fourth-order valence-electron chi connectivity index (χ4n) is 4.32. The summed E-state index contributed by atoms with van der Waals surface area (Å²) in [6.07, 6.45) is 4.60. The number of aromatic nitrogens is 1. The minimum atomic E-state index is -0.269. The van der Waals surface area contributed by atoms with Crippen LogP contribution in [0.5, 0.6) is 5.75 Å². The summed E-state index contributed by atoms with van der Waals surface area (Å²) >= 11 is 0. The SMILES string of the molecule is CC1CC(C)CN(C(=O)c2ccccc2NC(=O)c2ccc(OCc3cccnc3)cc2)C1. The van der Waals surface area contributed by atoms with Gasteiger partial charge in [-0.15, -0.1) is 0 Å². The van der Waals surface area contributed by atoms with E-state index in [-0.39, 0.29) is 11.8 Å². The van der Waals surface area contributed by atoms with E-state index in [2.05, 4.69) is 24.1 Å². The third-order valence-electron chi connectivity index (χ3n) is 5.81. The van der Waals surface area contributed by atoms with Gasteiger partial charge in [0.2, 0.25) is 0 Å². The number of ether oxygens (including phenoxy) is 1. The third kappa shape index (κ3) is 5.77. The van der Waals surface area contributed by atoms with E-state index in [9.17, 15) is 9.59 Å². The number of rotatable bonds is 6. The number of carbonyl (C=O) groups excluding carboxylic acids is 2. The number of pyridine rings is 1. The average Bonchev–Trinajstić information content (AvgIpc) is 2.83. The van der Waals surface area contributed by atoms with Crippen molar-refractivity contribution in [3.8, 4) is 5.75 Å². The lowest BCUT2D eigenvalue weighted by Crippen LogP contribution is -2.42. The van der Waals surface area contributed by atoms with Crippen LogP contribution < -0.4 is 10.1 Å². The monoisotopic (exact) mass is 443 g/mol. The second-order valence-electron chi connectivity index (χ2n) is 8.83. The van der Waals surface area contributed by atoms with E-state index >= 15 is 0 Å². The standard InChI is InChI=1S/C27H29N3O3/c1-19-14-20(2)17-30(16-19)27(32)24-7-3-4-8-25(24)29-26(31)22-9-11-23(12-10-22)33-18-21-6-5-13-28-15-21/h3-13,15,19-20H,14,16-18H2,1-2H3,(H,29,31). The molecule has 2 amide bonds. The van der Waals surface area contributed by atoms with Gasteiger partial charge in [0.15, 0.2) is 0 Å². The number of likely N-dealkylation sites (tertiary alicyclic amines) is 1. The molecule has 2 aromatic carbocycles. The zero-order valence-electron chi connectivity index (χ0n) is 19.0. The van der Waals surface area contributed by atoms with Crippen molar-refractivity contribution in [1.29, 1.82) is 0 Å². The Morgan fingerprint density at radius 2 is 1.73 bits per heavy atom. The van der Waals surface area contributed by atoms with Crippen molar-refractivity contribution >= 4 is 17.5 Å². The van der Waals surface area contributed by atoms with Gasteiger partial charge in [-0.25, -0.2) is 0 Å². The molecule has 0 radical (unpaired) electrons. The minimum Gasteiger partial charge on any atom is -0.489 e. The number of para-hydroxylation sites is 1. The molecule has 1 aromatic heterocycles. The predicted molar refractivity (Wildman–Crippen MR) is 128 cm³/mol. The van der Waals surface area contributed by atoms with E-state index in [0.29, 0.717) is 41.0 Å². The fourth-order valence-corrected chi connectivity index (χ4v) is 4.32. The molecular weight excluding hydrogens is 414 g/mol. The number of anilines is 1. The first-order chi connectivity index (χ1) is 16.0. The van der Waals surface area contributed by atoms with Gasteiger partial charge in [0.1, 0.15) is 12.4 Å². The zero-order valence-corrected chi connectivity index (χ0v) is 19.0. The van der Waals surface area contributed by atoms with Gasteiger partial charge < -0.3 is 15.0 Å². The van der Waals surface area contributed by atoms with Gasteiger partial charge in [-0.2, -0.15) is 0 Å². The van der Waals surface area contributed by atoms with Gasteiger partial charge in [0.05, 0.1) is 11.3 Å². The Hall–Kier alpha value is -3.67. The number of carbonyl (C=O) groups is 2. The second kappa shape index (κ2) is 10.3. The van der Waals surface area contributed by atoms with Crippen LogP contribution in [0.3, 0.4) is 0 Å². The van der Waals surface area contributed by atoms with Crippen LogP contribution in [-0.2, 0) is 6.61 Å². The van der Waals surface area contributed by atoms with Gasteiger partial charge in [0.25, 0.3) is 11.8 Å². The third-order valence-corrected chi connectivity index (χ3v) is 5.81. The number of hydrogen-bond acceptors (Lipinski definition) is 4. The highest BCUT2D eigenvalue weighted by Gasteiger charge is 2.27. The molecule has 2 heterocycles. The molecule has 1 aliphatic rings. The maximum Gasteiger partial charge on any atom is 0.255 e. The summed E-state index contributed by atoms with van der Waals surface area (Å²) in [5.41, 5.74) is 2.50. The molecule has 1 N–H and O–H groups in total. The molecule has 0 saturated carbocycles. The molecule has 1 fully saturated rings. The predicted octanol–water partition coefficient (Wildman–Crippen LogP) is 5.03. The zero-order chi connectivity index (χ0) is 23.2. The number of nitrogens with zero attached hydrogens (tertiary/aromatic N) is 2. The van der Waals surface area contributed by atoms with Crippen molar-refractivity contribution in [3.63, 3.8) is 0 Å². The van der Waals surface area contributed by atoms with E-state index < -0.39 is 0 Å². The molecule has 3 aromatic rings. The van der Waals surface area contributed by atoms with Crippen LogP contribution in [-0.4, -0.2) is 34.8 Å². The van der Waals surface area contributed by atoms with Gasteiger partial charge in [0, 0.05) is 36.6 Å². The number of hydrogen-bond donors (Lipinski definition) is 1. The Labute approximate surface area is 194 Å². The Morgan fingerprint density at radius 1 is 1.00 bits per heavy atom. The molecule has 6 nitrogen and oxygen atoms in total. The highest BCUT2D eigenvalue weighted by molar-refractivity contribution is 6.09. The minimum absolute atomic E-state index is 0.0385. The topological polar surface area (TPSA) is 71.5 Å². The fraction of sp³-hybridized carbons (Fsp3) is 0.296. The molecule has 4 rings (SSSR count). The quantitative estimate of drug-likeness (QED) is 0.580. The Balaban J connectivity index is 1.42. The summed E-state index contributed by atoms with van der Waals surface area (Å²) in [4.78, 5) is 32.1. The van der Waals surface area contributed by atoms with E-state index in [1.54, 1.807) is 48.8 Å². The van der Waals surface area contributed by atoms with Gasteiger partial charge in [-0.05, 0) is 60.7 Å². The average molecular weight is 444 g/mol. The molecule has 170 valence electrons. The summed E-state index contributed by atoms with van der Waals surface area (Å²) in [5.74, 6) is 1.30. The van der Waals surface area contributed by atoms with Gasteiger partial charge in [-0.3, -0.25) is 14.6 Å². The molecule has 1 aliphatic heterocycles. The van der Waals surface area contributed by atoms with Gasteiger partial charge >= 0.3 is 0 Å². The number of amides is 2. The highest BCUT2D eigenvalue weighted by Crippen LogP contribution is 2.25. The molecule has 0 aliphatic carbocycles. The normalized spacial score (nSPS) is 17.9. The summed E-state index contributed by atoms with van der Waals surface area (Å²) in [5, 5.41) is 2.91. The lowest BCUT2D eigenvalue weighted by Gasteiger charge is -2.35. The van der Waals surface area contributed by atoms with E-state index in [4.69, 9.17) is 4.74 Å². The summed E-state index contributed by atoms with van der Waals surface area (Å²) in [7, 11) is 0. The van der Waals surface area contributed by atoms with Crippen LogP contribution >= 0.6 is 0 Å². The number of benzene rings is 2. The molecule has 0 spiro atoms. The molecule has 2 atom stereocenters. The van der Waals surface area contributed by atoms with Crippen LogP contribution in [0.25, 0.3) is 0 Å². The second-order valence-corrected chi connectivity index (χ2v) is 8.83. The van der Waals surface area contributed by atoms with Crippen molar-refractivity contribution < 1.29 is 14.3 Å². The maximum absolute atomic E-state index is 13.2. The van der Waals surface area contributed by atoms with Crippen molar-refractivity contribution in [2.75, 3.05) is 18.4 Å². The summed E-state index contributed by atoms with van der Waals surface area (Å²) in [6, 6.07) is 18.0.